The molecule has 1 aliphatic heterocycles. The molecule has 0 unspecified atom stereocenters. The van der Waals surface area contributed by atoms with Gasteiger partial charge in [0.25, 0.3) is 0 Å². The summed E-state index contributed by atoms with van der Waals surface area (Å²) in [5, 5.41) is 0. The van der Waals surface area contributed by atoms with E-state index in [1.165, 1.54) is 36.4 Å². The van der Waals surface area contributed by atoms with E-state index in [4.69, 9.17) is 4.74 Å². The van der Waals surface area contributed by atoms with Crippen LogP contribution in [-0.2, 0) is 32.5 Å². The Morgan fingerprint density at radius 3 is 2.37 bits per heavy atom. The predicted molar refractivity (Wildman–Crippen MR) is 112 cm³/mol. The number of hydrogen-bond donors (Lipinski definition) is 1. The molecule has 0 bridgehead atoms. The first kappa shape index (κ1) is 20.6. The van der Waals surface area contributed by atoms with Gasteiger partial charge < -0.3 is 4.74 Å². The second-order valence-corrected chi connectivity index (χ2v) is 9.40. The molecule has 1 fully saturated rings. The zero-order valence-corrected chi connectivity index (χ0v) is 17.8. The summed E-state index contributed by atoms with van der Waals surface area (Å²) in [5.41, 5.74) is 3.65. The fraction of sp³-hybridized carbons (Fsp3) is 0.364. The summed E-state index contributed by atoms with van der Waals surface area (Å²) >= 11 is 0. The van der Waals surface area contributed by atoms with Crippen LogP contribution in [0.25, 0.3) is 0 Å². The van der Waals surface area contributed by atoms with Gasteiger partial charge in [-0.1, -0.05) is 18.2 Å². The summed E-state index contributed by atoms with van der Waals surface area (Å²) in [4.78, 5) is 25.3. The molecular formula is C22H24N2O5S. The Morgan fingerprint density at radius 2 is 1.67 bits per heavy atom. The van der Waals surface area contributed by atoms with Crippen LogP contribution in [0, 0.1) is 0 Å². The highest BCUT2D eigenvalue weighted by molar-refractivity contribution is 7.89. The van der Waals surface area contributed by atoms with E-state index in [0.29, 0.717) is 0 Å². The van der Waals surface area contributed by atoms with Crippen LogP contribution in [0.1, 0.15) is 48.9 Å². The van der Waals surface area contributed by atoms with Crippen LogP contribution < -0.4 is 14.4 Å². The number of aryl methyl sites for hydroxylation is 2. The van der Waals surface area contributed by atoms with Crippen LogP contribution in [0.2, 0.25) is 0 Å². The van der Waals surface area contributed by atoms with E-state index in [-0.39, 0.29) is 41.0 Å². The third-order valence-corrected chi connectivity index (χ3v) is 7.25. The van der Waals surface area contributed by atoms with Crippen molar-refractivity contribution in [1.29, 1.82) is 0 Å². The van der Waals surface area contributed by atoms with Crippen molar-refractivity contribution in [1.82, 2.24) is 4.72 Å². The molecule has 7 nitrogen and oxygen atoms in total. The number of benzene rings is 2. The lowest BCUT2D eigenvalue weighted by Gasteiger charge is -2.20. The highest BCUT2D eigenvalue weighted by Crippen LogP contribution is 2.34. The molecule has 0 spiro atoms. The highest BCUT2D eigenvalue weighted by Gasteiger charge is 2.33. The molecule has 2 amide bonds. The molecule has 1 aliphatic carbocycles. The fourth-order valence-electron chi connectivity index (χ4n) is 4.09. The summed E-state index contributed by atoms with van der Waals surface area (Å²) in [6, 6.07) is 9.85. The Hall–Kier alpha value is -2.71. The largest absolute Gasteiger partial charge is 0.495 e. The monoisotopic (exact) mass is 428 g/mol. The molecule has 2 aromatic carbocycles. The number of hydrogen-bond acceptors (Lipinski definition) is 5. The van der Waals surface area contributed by atoms with Gasteiger partial charge in [0.15, 0.2) is 0 Å². The standard InChI is InChI=1S/C22H24N2O5S/c1-14(16-7-6-15-4-3-5-17(15)12-16)23-30(27,28)18-8-9-20(29-2)19(13-18)24-21(25)10-11-22(24)26/h6-9,12-14,23H,3-5,10-11H2,1-2H3/t14-/m0/s1. The molecule has 1 atom stereocenters. The number of ether oxygens (including phenoxy) is 1. The normalized spacial score (nSPS) is 17.3. The molecular weight excluding hydrogens is 404 g/mol. The average Bonchev–Trinajstić information content (AvgIpc) is 3.32. The highest BCUT2D eigenvalue weighted by atomic mass is 32.2. The Morgan fingerprint density at radius 1 is 0.967 bits per heavy atom. The van der Waals surface area contributed by atoms with Gasteiger partial charge in [-0.3, -0.25) is 9.59 Å². The lowest BCUT2D eigenvalue weighted by atomic mass is 10.0. The number of imide groups is 1. The number of fused-ring (bicyclic) bond motifs is 1. The van der Waals surface area contributed by atoms with E-state index in [9.17, 15) is 18.0 Å². The molecule has 1 N–H and O–H groups in total. The number of amides is 2. The van der Waals surface area contributed by atoms with Gasteiger partial charge in [-0.05, 0) is 61.1 Å². The number of nitrogens with one attached hydrogen (secondary N) is 1. The first-order chi connectivity index (χ1) is 14.3. The number of methoxy groups -OCH3 is 1. The van der Waals surface area contributed by atoms with Gasteiger partial charge >= 0.3 is 0 Å². The van der Waals surface area contributed by atoms with Crippen LogP contribution in [0.3, 0.4) is 0 Å². The van der Waals surface area contributed by atoms with Gasteiger partial charge in [0.2, 0.25) is 21.8 Å². The van der Waals surface area contributed by atoms with Crippen LogP contribution in [0.4, 0.5) is 5.69 Å². The SMILES string of the molecule is COc1ccc(S(=O)(=O)N[C@@H](C)c2ccc3c(c2)CCC3)cc1N1C(=O)CCC1=O. The van der Waals surface area contributed by atoms with Crippen molar-refractivity contribution in [2.75, 3.05) is 12.0 Å². The Kier molecular flexibility index (Phi) is 5.38. The van der Waals surface area contributed by atoms with Gasteiger partial charge in [-0.15, -0.1) is 0 Å². The van der Waals surface area contributed by atoms with Crippen LogP contribution in [0.5, 0.6) is 5.75 Å². The van der Waals surface area contributed by atoms with E-state index >= 15 is 0 Å². The second-order valence-electron chi connectivity index (χ2n) is 7.68. The molecule has 2 aromatic rings. The first-order valence-corrected chi connectivity index (χ1v) is 11.5. The van der Waals surface area contributed by atoms with E-state index in [1.54, 1.807) is 6.92 Å². The van der Waals surface area contributed by atoms with Gasteiger partial charge in [0.05, 0.1) is 17.7 Å². The molecule has 0 saturated carbocycles. The third kappa shape index (κ3) is 3.73. The lowest BCUT2D eigenvalue weighted by molar-refractivity contribution is -0.121. The zero-order chi connectivity index (χ0) is 21.5. The average molecular weight is 429 g/mol. The first-order valence-electron chi connectivity index (χ1n) is 9.98. The van der Waals surface area contributed by atoms with E-state index in [2.05, 4.69) is 16.9 Å². The quantitative estimate of drug-likeness (QED) is 0.714. The molecule has 0 radical (unpaired) electrons. The van der Waals surface area contributed by atoms with Crippen molar-refractivity contribution in [3.63, 3.8) is 0 Å². The van der Waals surface area contributed by atoms with E-state index in [1.807, 2.05) is 6.07 Å². The summed E-state index contributed by atoms with van der Waals surface area (Å²) < 4.78 is 34.0. The van der Waals surface area contributed by atoms with Crippen LogP contribution >= 0.6 is 0 Å². The maximum Gasteiger partial charge on any atom is 0.241 e. The van der Waals surface area contributed by atoms with Gasteiger partial charge in [0.1, 0.15) is 5.75 Å². The van der Waals surface area contributed by atoms with Crippen molar-refractivity contribution in [3.8, 4) is 5.75 Å². The molecule has 4 rings (SSSR count). The summed E-state index contributed by atoms with van der Waals surface area (Å²) in [6.07, 6.45) is 3.42. The topological polar surface area (TPSA) is 92.8 Å². The van der Waals surface area contributed by atoms with Crippen molar-refractivity contribution >= 4 is 27.5 Å². The molecule has 30 heavy (non-hydrogen) atoms. The molecule has 8 heteroatoms. The summed E-state index contributed by atoms with van der Waals surface area (Å²) in [7, 11) is -2.48. The van der Waals surface area contributed by atoms with Crippen molar-refractivity contribution < 1.29 is 22.7 Å². The molecule has 2 aliphatic rings. The maximum absolute atomic E-state index is 13.0. The molecule has 1 heterocycles. The summed E-state index contributed by atoms with van der Waals surface area (Å²) in [6.45, 7) is 1.80. The third-order valence-electron chi connectivity index (χ3n) is 5.71. The molecule has 158 valence electrons. The minimum absolute atomic E-state index is 0.0289. The van der Waals surface area contributed by atoms with E-state index in [0.717, 1.165) is 29.7 Å². The number of sulfonamides is 1. The molecule has 0 aromatic heterocycles. The van der Waals surface area contributed by atoms with E-state index < -0.39 is 16.1 Å². The summed E-state index contributed by atoms with van der Waals surface area (Å²) in [5.74, 6) is -0.469. The van der Waals surface area contributed by atoms with Crippen molar-refractivity contribution in [2.45, 2.75) is 50.0 Å². The number of nitrogens with zero attached hydrogens (tertiary/aromatic N) is 1. The Bertz CT molecular complexity index is 1110. The minimum atomic E-state index is -3.89. The Balaban J connectivity index is 1.63. The maximum atomic E-state index is 13.0. The second kappa shape index (κ2) is 7.85. The van der Waals surface area contributed by atoms with Crippen LogP contribution in [0.15, 0.2) is 41.3 Å². The van der Waals surface area contributed by atoms with Gasteiger partial charge in [-0.2, -0.15) is 0 Å². The van der Waals surface area contributed by atoms with Crippen LogP contribution in [-0.4, -0.2) is 27.3 Å². The van der Waals surface area contributed by atoms with Gasteiger partial charge in [0, 0.05) is 18.9 Å². The smallest absolute Gasteiger partial charge is 0.241 e. The Labute approximate surface area is 176 Å². The van der Waals surface area contributed by atoms with Crippen molar-refractivity contribution in [2.24, 2.45) is 0 Å². The minimum Gasteiger partial charge on any atom is -0.495 e. The number of rotatable bonds is 6. The fourth-order valence-corrected chi connectivity index (χ4v) is 5.34. The van der Waals surface area contributed by atoms with Gasteiger partial charge in [-0.25, -0.2) is 18.0 Å². The zero-order valence-electron chi connectivity index (χ0n) is 17.0. The number of anilines is 1. The molecule has 1 saturated heterocycles. The number of carbonyl (C=O) groups excluding carboxylic acids is 2. The van der Waals surface area contributed by atoms with Crippen molar-refractivity contribution in [3.05, 3.63) is 53.1 Å². The number of carbonyl (C=O) groups is 2. The lowest BCUT2D eigenvalue weighted by Crippen LogP contribution is -2.30. The predicted octanol–water partition coefficient (Wildman–Crippen LogP) is 2.88.